The van der Waals surface area contributed by atoms with Gasteiger partial charge in [0.1, 0.15) is 6.04 Å². The minimum absolute atomic E-state index is 0.151. The maximum Gasteiger partial charge on any atom is 0.242 e. The third-order valence-corrected chi connectivity index (χ3v) is 3.49. The number of hydrogen-bond acceptors (Lipinski definition) is 3. The highest BCUT2D eigenvalue weighted by Gasteiger charge is 2.13. The summed E-state index contributed by atoms with van der Waals surface area (Å²) in [6.45, 7) is 1.99. The Kier molecular flexibility index (Phi) is 5.01. The standard InChI is InChI=1S/C15H15BrN4O/c1-3-8-17-15(21)11(2)19-12-9-18-20(10-12)14-7-5-4-6-13(14)16/h1,4-7,9-11,19H,8H2,2H3,(H,17,21)/t11-/m0/s1. The van der Waals surface area contributed by atoms with Crippen molar-refractivity contribution in [2.45, 2.75) is 13.0 Å². The fourth-order valence-corrected chi connectivity index (χ4v) is 2.24. The molecule has 0 unspecified atom stereocenters. The van der Waals surface area contributed by atoms with E-state index in [0.717, 1.165) is 15.8 Å². The Hall–Kier alpha value is -2.26. The Morgan fingerprint density at radius 2 is 2.29 bits per heavy atom. The van der Waals surface area contributed by atoms with Crippen molar-refractivity contribution in [3.05, 3.63) is 41.1 Å². The second kappa shape index (κ2) is 6.95. The van der Waals surface area contributed by atoms with Gasteiger partial charge in [0.05, 0.1) is 30.3 Å². The van der Waals surface area contributed by atoms with Crippen LogP contribution in [0.2, 0.25) is 0 Å². The minimum Gasteiger partial charge on any atom is -0.371 e. The maximum atomic E-state index is 11.7. The number of carbonyl (C=O) groups excluding carboxylic acids is 1. The van der Waals surface area contributed by atoms with E-state index in [0.29, 0.717) is 0 Å². The first-order valence-corrected chi connectivity index (χ1v) is 7.18. The molecular weight excluding hydrogens is 332 g/mol. The summed E-state index contributed by atoms with van der Waals surface area (Å²) in [5.41, 5.74) is 1.68. The Bertz CT molecular complexity index is 674. The van der Waals surface area contributed by atoms with Crippen molar-refractivity contribution in [2.75, 3.05) is 11.9 Å². The zero-order valence-corrected chi connectivity index (χ0v) is 13.1. The number of hydrogen-bond donors (Lipinski definition) is 2. The van der Waals surface area contributed by atoms with Crippen LogP contribution in [0.1, 0.15) is 6.92 Å². The van der Waals surface area contributed by atoms with E-state index >= 15 is 0 Å². The van der Waals surface area contributed by atoms with Gasteiger partial charge in [0.15, 0.2) is 0 Å². The van der Waals surface area contributed by atoms with Crippen molar-refractivity contribution >= 4 is 27.5 Å². The van der Waals surface area contributed by atoms with E-state index in [2.05, 4.69) is 37.6 Å². The van der Waals surface area contributed by atoms with Crippen LogP contribution in [0.4, 0.5) is 5.69 Å². The number of rotatable bonds is 5. The molecule has 0 spiro atoms. The van der Waals surface area contributed by atoms with Gasteiger partial charge in [0.2, 0.25) is 5.91 Å². The predicted octanol–water partition coefficient (Wildman–Crippen LogP) is 2.18. The van der Waals surface area contributed by atoms with Crippen LogP contribution in [0.3, 0.4) is 0 Å². The van der Waals surface area contributed by atoms with Gasteiger partial charge in [-0.15, -0.1) is 6.42 Å². The molecule has 21 heavy (non-hydrogen) atoms. The molecule has 0 fully saturated rings. The fraction of sp³-hybridized carbons (Fsp3) is 0.200. The van der Waals surface area contributed by atoms with Crippen LogP contribution in [0, 0.1) is 12.3 Å². The molecule has 2 rings (SSSR count). The normalized spacial score (nSPS) is 11.5. The molecule has 108 valence electrons. The van der Waals surface area contributed by atoms with E-state index < -0.39 is 6.04 Å². The highest BCUT2D eigenvalue weighted by molar-refractivity contribution is 9.10. The smallest absolute Gasteiger partial charge is 0.242 e. The van der Waals surface area contributed by atoms with Crippen molar-refractivity contribution in [3.63, 3.8) is 0 Å². The molecule has 0 radical (unpaired) electrons. The summed E-state index contributed by atoms with van der Waals surface area (Å²) in [5.74, 6) is 2.22. The van der Waals surface area contributed by atoms with Crippen molar-refractivity contribution in [1.29, 1.82) is 0 Å². The molecule has 0 bridgehead atoms. The van der Waals surface area contributed by atoms with Crippen molar-refractivity contribution < 1.29 is 4.79 Å². The number of nitrogens with zero attached hydrogens (tertiary/aromatic N) is 2. The van der Waals surface area contributed by atoms with E-state index in [9.17, 15) is 4.79 Å². The summed E-state index contributed by atoms with van der Waals surface area (Å²) in [7, 11) is 0. The van der Waals surface area contributed by atoms with Gasteiger partial charge in [-0.3, -0.25) is 4.79 Å². The van der Waals surface area contributed by atoms with Gasteiger partial charge in [0, 0.05) is 4.47 Å². The van der Waals surface area contributed by atoms with E-state index in [-0.39, 0.29) is 12.5 Å². The largest absolute Gasteiger partial charge is 0.371 e. The lowest BCUT2D eigenvalue weighted by atomic mass is 10.3. The molecule has 0 aliphatic rings. The van der Waals surface area contributed by atoms with Gasteiger partial charge in [-0.2, -0.15) is 5.10 Å². The highest BCUT2D eigenvalue weighted by atomic mass is 79.9. The molecule has 1 heterocycles. The molecule has 0 aliphatic carbocycles. The van der Waals surface area contributed by atoms with Crippen LogP contribution in [0.5, 0.6) is 0 Å². The summed E-state index contributed by atoms with van der Waals surface area (Å²) < 4.78 is 2.68. The van der Waals surface area contributed by atoms with Crippen molar-refractivity contribution in [1.82, 2.24) is 15.1 Å². The highest BCUT2D eigenvalue weighted by Crippen LogP contribution is 2.21. The van der Waals surface area contributed by atoms with Crippen LogP contribution in [-0.2, 0) is 4.79 Å². The fourth-order valence-electron chi connectivity index (χ4n) is 1.77. The SMILES string of the molecule is C#CCNC(=O)[C@H](C)Nc1cnn(-c2ccccc2Br)c1. The Morgan fingerprint density at radius 1 is 1.52 bits per heavy atom. The zero-order valence-electron chi connectivity index (χ0n) is 11.5. The molecule has 1 aromatic heterocycles. The number of carbonyl (C=O) groups is 1. The second-order valence-electron chi connectivity index (χ2n) is 4.41. The molecule has 1 amide bonds. The Labute approximate surface area is 131 Å². The van der Waals surface area contributed by atoms with Crippen molar-refractivity contribution in [2.24, 2.45) is 0 Å². The summed E-state index contributed by atoms with van der Waals surface area (Å²) in [4.78, 5) is 11.7. The van der Waals surface area contributed by atoms with Crippen LogP contribution in [0.15, 0.2) is 41.1 Å². The second-order valence-corrected chi connectivity index (χ2v) is 5.27. The van der Waals surface area contributed by atoms with Gasteiger partial charge in [0.25, 0.3) is 0 Å². The molecule has 2 N–H and O–H groups in total. The quantitative estimate of drug-likeness (QED) is 0.816. The lowest BCUT2D eigenvalue weighted by molar-refractivity contribution is -0.121. The van der Waals surface area contributed by atoms with E-state index in [1.165, 1.54) is 0 Å². The minimum atomic E-state index is -0.393. The molecule has 1 atom stereocenters. The average molecular weight is 347 g/mol. The number of aromatic nitrogens is 2. The Balaban J connectivity index is 2.06. The van der Waals surface area contributed by atoms with Crippen LogP contribution in [0.25, 0.3) is 5.69 Å². The first-order valence-electron chi connectivity index (χ1n) is 6.39. The molecule has 0 saturated carbocycles. The molecule has 2 aromatic rings. The Morgan fingerprint density at radius 3 is 3.00 bits per heavy atom. The van der Waals surface area contributed by atoms with Gasteiger partial charge >= 0.3 is 0 Å². The van der Waals surface area contributed by atoms with Crippen LogP contribution < -0.4 is 10.6 Å². The first kappa shape index (κ1) is 15.1. The third kappa shape index (κ3) is 3.86. The topological polar surface area (TPSA) is 59.0 Å². The summed E-state index contributed by atoms with van der Waals surface area (Å²) in [5, 5.41) is 9.99. The monoisotopic (exact) mass is 346 g/mol. The molecule has 0 saturated heterocycles. The number of benzene rings is 1. The first-order chi connectivity index (χ1) is 10.1. The number of halogens is 1. The molecule has 0 aliphatic heterocycles. The molecule has 6 heteroatoms. The average Bonchev–Trinajstić information content (AvgIpc) is 2.93. The number of para-hydroxylation sites is 1. The third-order valence-electron chi connectivity index (χ3n) is 2.82. The molecular formula is C15H15BrN4O. The van der Waals surface area contributed by atoms with E-state index in [1.807, 2.05) is 30.5 Å². The number of terminal acetylenes is 1. The van der Waals surface area contributed by atoms with Gasteiger partial charge in [-0.1, -0.05) is 18.1 Å². The summed E-state index contributed by atoms with van der Waals surface area (Å²) in [6.07, 6.45) is 8.60. The van der Waals surface area contributed by atoms with E-state index in [4.69, 9.17) is 6.42 Å². The lowest BCUT2D eigenvalue weighted by Crippen LogP contribution is -2.37. The number of anilines is 1. The maximum absolute atomic E-state index is 11.7. The van der Waals surface area contributed by atoms with Crippen LogP contribution in [-0.4, -0.2) is 28.3 Å². The van der Waals surface area contributed by atoms with Crippen molar-refractivity contribution in [3.8, 4) is 18.0 Å². The molecule has 1 aromatic carbocycles. The van der Waals surface area contributed by atoms with E-state index in [1.54, 1.807) is 17.8 Å². The number of nitrogens with one attached hydrogen (secondary N) is 2. The predicted molar refractivity (Wildman–Crippen MR) is 86.2 cm³/mol. The summed E-state index contributed by atoms with van der Waals surface area (Å²) in [6, 6.07) is 7.37. The van der Waals surface area contributed by atoms with Gasteiger partial charge in [-0.05, 0) is 35.0 Å². The lowest BCUT2D eigenvalue weighted by Gasteiger charge is -2.12. The summed E-state index contributed by atoms with van der Waals surface area (Å²) >= 11 is 3.48. The zero-order chi connectivity index (χ0) is 15.2. The number of amides is 1. The van der Waals surface area contributed by atoms with Gasteiger partial charge in [-0.25, -0.2) is 4.68 Å². The van der Waals surface area contributed by atoms with Crippen LogP contribution >= 0.6 is 15.9 Å². The molecule has 5 nitrogen and oxygen atoms in total. The van der Waals surface area contributed by atoms with Gasteiger partial charge < -0.3 is 10.6 Å².